The summed E-state index contributed by atoms with van der Waals surface area (Å²) in [5.74, 6) is -1.03. The third-order valence-corrected chi connectivity index (χ3v) is 4.29. The summed E-state index contributed by atoms with van der Waals surface area (Å²) < 4.78 is 8.83. The molecule has 2 aromatic rings. The summed E-state index contributed by atoms with van der Waals surface area (Å²) in [5.41, 5.74) is 2.45. The summed E-state index contributed by atoms with van der Waals surface area (Å²) in [6.07, 6.45) is 0.651. The number of carboxylic acids is 1. The van der Waals surface area contributed by atoms with Crippen LogP contribution >= 0.6 is 31.9 Å². The maximum absolute atomic E-state index is 11.3. The van der Waals surface area contributed by atoms with Crippen LogP contribution in [0.5, 0.6) is 0 Å². The van der Waals surface area contributed by atoms with Crippen molar-refractivity contribution in [2.75, 3.05) is 6.61 Å². The normalized spacial score (nSPS) is 14.1. The van der Waals surface area contributed by atoms with Crippen molar-refractivity contribution >= 4 is 37.8 Å². The van der Waals surface area contributed by atoms with E-state index in [4.69, 9.17) is 4.74 Å². The van der Waals surface area contributed by atoms with Gasteiger partial charge in [0.1, 0.15) is 0 Å². The van der Waals surface area contributed by atoms with Crippen LogP contribution in [0.3, 0.4) is 0 Å². The van der Waals surface area contributed by atoms with E-state index in [1.807, 2.05) is 18.2 Å². The first kappa shape index (κ1) is 13.8. The lowest BCUT2D eigenvalue weighted by molar-refractivity contribution is 0.0677. The van der Waals surface area contributed by atoms with Gasteiger partial charge in [-0.15, -0.1) is 0 Å². The van der Waals surface area contributed by atoms with Gasteiger partial charge in [-0.1, -0.05) is 15.9 Å². The van der Waals surface area contributed by atoms with Crippen molar-refractivity contribution in [2.45, 2.75) is 13.0 Å². The van der Waals surface area contributed by atoms with Crippen LogP contribution in [-0.4, -0.2) is 27.5 Å². The Morgan fingerprint density at radius 3 is 2.90 bits per heavy atom. The average Bonchev–Trinajstić information content (AvgIpc) is 2.78. The second-order valence-electron chi connectivity index (χ2n) is 4.39. The molecule has 1 N–H and O–H groups in total. The highest BCUT2D eigenvalue weighted by Crippen LogP contribution is 2.29. The molecule has 3 rings (SSSR count). The molecule has 0 bridgehead atoms. The highest BCUT2D eigenvalue weighted by molar-refractivity contribution is 9.11. The van der Waals surface area contributed by atoms with E-state index in [2.05, 4.69) is 37.0 Å². The molecule has 7 heteroatoms. The fourth-order valence-electron chi connectivity index (χ4n) is 2.26. The van der Waals surface area contributed by atoms with E-state index in [0.29, 0.717) is 25.2 Å². The van der Waals surface area contributed by atoms with E-state index >= 15 is 0 Å². The van der Waals surface area contributed by atoms with Crippen LogP contribution < -0.4 is 0 Å². The Bertz CT molecular complexity index is 697. The molecule has 0 unspecified atom stereocenters. The molecule has 2 heterocycles. The lowest BCUT2D eigenvalue weighted by atomic mass is 10.1. The molecule has 1 aromatic heterocycles. The Hall–Kier alpha value is -1.18. The predicted molar refractivity (Wildman–Crippen MR) is 79.3 cm³/mol. The van der Waals surface area contributed by atoms with Crippen molar-refractivity contribution in [1.29, 1.82) is 0 Å². The predicted octanol–water partition coefficient (Wildman–Crippen LogP) is 3.17. The summed E-state index contributed by atoms with van der Waals surface area (Å²) in [6, 6.07) is 5.69. The van der Waals surface area contributed by atoms with Gasteiger partial charge in [-0.05, 0) is 34.1 Å². The molecule has 1 aromatic carbocycles. The summed E-state index contributed by atoms with van der Waals surface area (Å²) in [6.45, 7) is 0.872. The van der Waals surface area contributed by atoms with Crippen molar-refractivity contribution in [3.05, 3.63) is 44.1 Å². The van der Waals surface area contributed by atoms with E-state index in [1.165, 1.54) is 0 Å². The Morgan fingerprint density at radius 2 is 2.20 bits per heavy atom. The summed E-state index contributed by atoms with van der Waals surface area (Å²) >= 11 is 6.89. The number of carbonyl (C=O) groups is 1. The number of rotatable bonds is 2. The van der Waals surface area contributed by atoms with E-state index in [9.17, 15) is 9.90 Å². The topological polar surface area (TPSA) is 64.3 Å². The minimum absolute atomic E-state index is 0.0644. The Balaban J connectivity index is 2.21. The first-order valence-corrected chi connectivity index (χ1v) is 7.54. The summed E-state index contributed by atoms with van der Waals surface area (Å²) in [4.78, 5) is 11.3. The van der Waals surface area contributed by atoms with Crippen molar-refractivity contribution in [1.82, 2.24) is 9.78 Å². The fourth-order valence-corrected chi connectivity index (χ4v) is 3.48. The minimum Gasteiger partial charge on any atom is -0.476 e. The molecule has 0 spiro atoms. The molecule has 5 nitrogen and oxygen atoms in total. The summed E-state index contributed by atoms with van der Waals surface area (Å²) in [7, 11) is 0. The number of benzene rings is 1. The van der Waals surface area contributed by atoms with Gasteiger partial charge in [-0.2, -0.15) is 5.10 Å². The van der Waals surface area contributed by atoms with Crippen LogP contribution in [-0.2, 0) is 17.8 Å². The van der Waals surface area contributed by atoms with Gasteiger partial charge < -0.3 is 9.84 Å². The smallest absolute Gasteiger partial charge is 0.356 e. The Morgan fingerprint density at radius 1 is 1.40 bits per heavy atom. The second kappa shape index (κ2) is 5.31. The zero-order valence-electron chi connectivity index (χ0n) is 10.3. The monoisotopic (exact) mass is 400 g/mol. The van der Waals surface area contributed by atoms with Gasteiger partial charge in [0.15, 0.2) is 5.69 Å². The molecular formula is C13H10Br2N2O3. The largest absolute Gasteiger partial charge is 0.476 e. The molecule has 1 aliphatic rings. The standard InChI is InChI=1S/C13H10Br2N2O3/c14-7-1-2-11(9(15)5-7)17-10-3-4-20-6-8(10)12(16-17)13(18)19/h1-2,5H,3-4,6H2,(H,18,19). The minimum atomic E-state index is -1.03. The number of aromatic nitrogens is 2. The van der Waals surface area contributed by atoms with Crippen LogP contribution in [0, 0.1) is 0 Å². The number of hydrogen-bond acceptors (Lipinski definition) is 3. The highest BCUT2D eigenvalue weighted by Gasteiger charge is 2.26. The Kier molecular flexibility index (Phi) is 3.66. The molecule has 0 saturated heterocycles. The van der Waals surface area contributed by atoms with Crippen molar-refractivity contribution in [3.8, 4) is 5.69 Å². The van der Waals surface area contributed by atoms with E-state index < -0.39 is 5.97 Å². The molecule has 104 valence electrons. The second-order valence-corrected chi connectivity index (χ2v) is 6.16. The van der Waals surface area contributed by atoms with Gasteiger partial charge in [-0.25, -0.2) is 9.48 Å². The zero-order valence-corrected chi connectivity index (χ0v) is 13.4. The number of fused-ring (bicyclic) bond motifs is 1. The third kappa shape index (κ3) is 2.30. The van der Waals surface area contributed by atoms with Gasteiger partial charge in [0.25, 0.3) is 0 Å². The number of aromatic carboxylic acids is 1. The molecular weight excluding hydrogens is 392 g/mol. The number of halogens is 2. The number of hydrogen-bond donors (Lipinski definition) is 1. The zero-order chi connectivity index (χ0) is 14.3. The fraction of sp³-hybridized carbons (Fsp3) is 0.231. The highest BCUT2D eigenvalue weighted by atomic mass is 79.9. The molecule has 20 heavy (non-hydrogen) atoms. The first-order valence-electron chi connectivity index (χ1n) is 5.95. The van der Waals surface area contributed by atoms with Crippen LogP contribution in [0.4, 0.5) is 0 Å². The van der Waals surface area contributed by atoms with Crippen LogP contribution in [0.1, 0.15) is 21.7 Å². The van der Waals surface area contributed by atoms with E-state index in [0.717, 1.165) is 20.3 Å². The average molecular weight is 402 g/mol. The maximum Gasteiger partial charge on any atom is 0.356 e. The summed E-state index contributed by atoms with van der Waals surface area (Å²) in [5, 5.41) is 13.5. The molecule has 0 aliphatic carbocycles. The van der Waals surface area contributed by atoms with Gasteiger partial charge in [0, 0.05) is 20.9 Å². The van der Waals surface area contributed by atoms with Gasteiger partial charge in [0.05, 0.1) is 24.6 Å². The van der Waals surface area contributed by atoms with Gasteiger partial charge >= 0.3 is 5.97 Å². The van der Waals surface area contributed by atoms with Crippen molar-refractivity contribution in [2.24, 2.45) is 0 Å². The molecule has 0 amide bonds. The lowest BCUT2D eigenvalue weighted by Gasteiger charge is -2.15. The molecule has 0 fully saturated rings. The molecule has 0 radical (unpaired) electrons. The molecule has 0 saturated carbocycles. The van der Waals surface area contributed by atoms with Crippen molar-refractivity contribution < 1.29 is 14.6 Å². The number of carboxylic acid groups (broad SMARTS) is 1. The van der Waals surface area contributed by atoms with Gasteiger partial charge in [-0.3, -0.25) is 0 Å². The lowest BCUT2D eigenvalue weighted by Crippen LogP contribution is -2.13. The van der Waals surface area contributed by atoms with Crippen LogP contribution in [0.2, 0.25) is 0 Å². The van der Waals surface area contributed by atoms with E-state index in [1.54, 1.807) is 4.68 Å². The van der Waals surface area contributed by atoms with Crippen LogP contribution in [0.25, 0.3) is 5.69 Å². The maximum atomic E-state index is 11.3. The number of nitrogens with zero attached hydrogens (tertiary/aromatic N) is 2. The molecule has 1 aliphatic heterocycles. The van der Waals surface area contributed by atoms with Crippen molar-refractivity contribution in [3.63, 3.8) is 0 Å². The van der Waals surface area contributed by atoms with Crippen LogP contribution in [0.15, 0.2) is 27.1 Å². The third-order valence-electron chi connectivity index (χ3n) is 3.16. The van der Waals surface area contributed by atoms with Gasteiger partial charge in [0.2, 0.25) is 0 Å². The number of ether oxygens (including phenoxy) is 1. The first-order chi connectivity index (χ1) is 9.58. The SMILES string of the molecule is O=C(O)c1nn(-c2ccc(Br)cc2Br)c2c1COCC2. The molecule has 0 atom stereocenters. The van der Waals surface area contributed by atoms with E-state index in [-0.39, 0.29) is 5.69 Å². The Labute approximate surface area is 131 Å². The quantitative estimate of drug-likeness (QED) is 0.839.